The highest BCUT2D eigenvalue weighted by molar-refractivity contribution is 9.10. The van der Waals surface area contributed by atoms with Crippen molar-refractivity contribution in [2.45, 2.75) is 38.9 Å². The first kappa shape index (κ1) is 19.8. The molecule has 30 heavy (non-hydrogen) atoms. The fraction of sp³-hybridized carbons (Fsp3) is 0.476. The Morgan fingerprint density at radius 1 is 1.33 bits per heavy atom. The summed E-state index contributed by atoms with van der Waals surface area (Å²) in [4.78, 5) is 6.51. The lowest BCUT2D eigenvalue weighted by atomic mass is 10.2. The van der Waals surface area contributed by atoms with Crippen LogP contribution in [0.25, 0.3) is 11.0 Å². The second-order valence-electron chi connectivity index (χ2n) is 8.27. The van der Waals surface area contributed by atoms with Crippen LogP contribution < -0.4 is 10.1 Å². The van der Waals surface area contributed by atoms with Crippen molar-refractivity contribution < 1.29 is 9.13 Å². The van der Waals surface area contributed by atoms with E-state index in [1.807, 2.05) is 16.8 Å². The van der Waals surface area contributed by atoms with Crippen LogP contribution in [0, 0.1) is 11.7 Å². The maximum Gasteiger partial charge on any atom is 0.223 e. The van der Waals surface area contributed by atoms with Crippen LogP contribution in [0.1, 0.15) is 25.3 Å². The van der Waals surface area contributed by atoms with Gasteiger partial charge in [-0.15, -0.1) is 5.10 Å². The van der Waals surface area contributed by atoms with Gasteiger partial charge in [0, 0.05) is 44.3 Å². The van der Waals surface area contributed by atoms with Gasteiger partial charge in [0.15, 0.2) is 0 Å². The number of benzene rings is 1. The third-order valence-electron chi connectivity index (χ3n) is 5.66. The first-order valence-corrected chi connectivity index (χ1v) is 11.2. The van der Waals surface area contributed by atoms with Crippen LogP contribution in [0.3, 0.4) is 0 Å². The van der Waals surface area contributed by atoms with E-state index in [1.54, 1.807) is 0 Å². The van der Waals surface area contributed by atoms with Crippen LogP contribution in [0.5, 0.6) is 11.6 Å². The fourth-order valence-electron chi connectivity index (χ4n) is 3.92. The predicted octanol–water partition coefficient (Wildman–Crippen LogP) is 3.72. The Morgan fingerprint density at radius 3 is 3.00 bits per heavy atom. The van der Waals surface area contributed by atoms with Crippen molar-refractivity contribution >= 4 is 27.0 Å². The van der Waals surface area contributed by atoms with Crippen LogP contribution in [0.2, 0.25) is 0 Å². The van der Waals surface area contributed by atoms with Crippen molar-refractivity contribution in [1.29, 1.82) is 0 Å². The van der Waals surface area contributed by atoms with Crippen molar-refractivity contribution in [3.63, 3.8) is 0 Å². The lowest BCUT2D eigenvalue weighted by Crippen LogP contribution is -2.48. The van der Waals surface area contributed by atoms with Gasteiger partial charge in [0.05, 0.1) is 16.2 Å². The smallest absolute Gasteiger partial charge is 0.223 e. The van der Waals surface area contributed by atoms with E-state index < -0.39 is 0 Å². The minimum atomic E-state index is -0.363. The standard InChI is InChI=1S/C21H24BrFN6O/c1-13-10-28(7-6-24-13)12-15-8-16(23)9-25-21(15)30-18-5-4-17-20(19(18)22)26-27-29(17)11-14-2-3-14/h4-5,8-9,13-14,24H,2-3,6-7,10-12H2,1H3/t13-/m1/s1. The van der Waals surface area contributed by atoms with Crippen LogP contribution in [-0.2, 0) is 13.1 Å². The topological polar surface area (TPSA) is 68.1 Å². The summed E-state index contributed by atoms with van der Waals surface area (Å²) in [6, 6.07) is 5.77. The van der Waals surface area contributed by atoms with E-state index in [-0.39, 0.29) is 5.82 Å². The number of nitrogens with zero attached hydrogens (tertiary/aromatic N) is 5. The van der Waals surface area contributed by atoms with Gasteiger partial charge in [-0.25, -0.2) is 14.1 Å². The molecule has 158 valence electrons. The van der Waals surface area contributed by atoms with Gasteiger partial charge in [-0.1, -0.05) is 5.21 Å². The summed E-state index contributed by atoms with van der Waals surface area (Å²) in [5.41, 5.74) is 2.46. The molecule has 1 saturated carbocycles. The predicted molar refractivity (Wildman–Crippen MR) is 115 cm³/mol. The number of fused-ring (bicyclic) bond motifs is 1. The van der Waals surface area contributed by atoms with Gasteiger partial charge in [-0.3, -0.25) is 4.90 Å². The van der Waals surface area contributed by atoms with Crippen LogP contribution in [-0.4, -0.2) is 50.6 Å². The average molecular weight is 475 g/mol. The molecule has 9 heteroatoms. The second-order valence-corrected chi connectivity index (χ2v) is 9.06. The lowest BCUT2D eigenvalue weighted by Gasteiger charge is -2.32. The summed E-state index contributed by atoms with van der Waals surface area (Å²) >= 11 is 3.62. The highest BCUT2D eigenvalue weighted by Crippen LogP contribution is 2.37. The Kier molecular flexibility index (Phi) is 5.43. The highest BCUT2D eigenvalue weighted by atomic mass is 79.9. The summed E-state index contributed by atoms with van der Waals surface area (Å²) in [5, 5.41) is 12.1. The molecule has 0 spiro atoms. The molecule has 3 heterocycles. The molecule has 1 aliphatic heterocycles. The van der Waals surface area contributed by atoms with E-state index in [0.29, 0.717) is 30.1 Å². The number of nitrogens with one attached hydrogen (secondary N) is 1. The zero-order valence-corrected chi connectivity index (χ0v) is 18.4. The van der Waals surface area contributed by atoms with E-state index in [1.165, 1.54) is 25.1 Å². The Labute approximate surface area is 182 Å². The van der Waals surface area contributed by atoms with Gasteiger partial charge < -0.3 is 10.1 Å². The molecule has 7 nitrogen and oxygen atoms in total. The summed E-state index contributed by atoms with van der Waals surface area (Å²) in [7, 11) is 0. The molecule has 1 atom stereocenters. The molecule has 0 unspecified atom stereocenters. The van der Waals surface area contributed by atoms with Crippen molar-refractivity contribution in [3.05, 3.63) is 40.2 Å². The number of hydrogen-bond acceptors (Lipinski definition) is 6. The Hall–Kier alpha value is -2.10. The van der Waals surface area contributed by atoms with Crippen molar-refractivity contribution in [2.24, 2.45) is 5.92 Å². The maximum atomic E-state index is 13.9. The van der Waals surface area contributed by atoms with Gasteiger partial charge in [-0.05, 0) is 59.8 Å². The van der Waals surface area contributed by atoms with E-state index in [0.717, 1.165) is 47.2 Å². The molecule has 1 aliphatic carbocycles. The van der Waals surface area contributed by atoms with Crippen LogP contribution >= 0.6 is 15.9 Å². The van der Waals surface area contributed by atoms with Gasteiger partial charge in [0.1, 0.15) is 17.1 Å². The number of hydrogen-bond donors (Lipinski definition) is 1. The van der Waals surface area contributed by atoms with E-state index in [2.05, 4.69) is 48.4 Å². The number of halogens is 2. The Morgan fingerprint density at radius 2 is 2.20 bits per heavy atom. The lowest BCUT2D eigenvalue weighted by molar-refractivity contribution is 0.197. The fourth-order valence-corrected chi connectivity index (χ4v) is 4.42. The molecule has 2 fully saturated rings. The molecule has 2 aromatic heterocycles. The quantitative estimate of drug-likeness (QED) is 0.586. The summed E-state index contributed by atoms with van der Waals surface area (Å²) < 4.78 is 22.8. The van der Waals surface area contributed by atoms with Crippen LogP contribution in [0.4, 0.5) is 4.39 Å². The minimum absolute atomic E-state index is 0.363. The molecule has 0 radical (unpaired) electrons. The van der Waals surface area contributed by atoms with E-state index >= 15 is 0 Å². The number of aromatic nitrogens is 4. The Balaban J connectivity index is 1.41. The molecule has 2 aliphatic rings. The zero-order valence-electron chi connectivity index (χ0n) is 16.8. The molecule has 1 N–H and O–H groups in total. The maximum absolute atomic E-state index is 13.9. The molecular formula is C21H24BrFN6O. The molecule has 0 bridgehead atoms. The first-order valence-electron chi connectivity index (χ1n) is 10.4. The van der Waals surface area contributed by atoms with E-state index in [4.69, 9.17) is 4.74 Å². The minimum Gasteiger partial charge on any atom is -0.437 e. The Bertz CT molecular complexity index is 1070. The highest BCUT2D eigenvalue weighted by Gasteiger charge is 2.24. The normalized spacial score (nSPS) is 20.0. The number of ether oxygens (including phenoxy) is 1. The van der Waals surface area contributed by atoms with Crippen molar-refractivity contribution in [1.82, 2.24) is 30.2 Å². The number of pyridine rings is 1. The average Bonchev–Trinajstić information content (AvgIpc) is 3.44. The van der Waals surface area contributed by atoms with Crippen molar-refractivity contribution in [2.75, 3.05) is 19.6 Å². The van der Waals surface area contributed by atoms with Gasteiger partial charge in [0.2, 0.25) is 5.88 Å². The largest absolute Gasteiger partial charge is 0.437 e. The van der Waals surface area contributed by atoms with Crippen LogP contribution in [0.15, 0.2) is 28.9 Å². The third-order valence-corrected chi connectivity index (χ3v) is 6.43. The molecular weight excluding hydrogens is 451 g/mol. The second kappa shape index (κ2) is 8.20. The van der Waals surface area contributed by atoms with Gasteiger partial charge >= 0.3 is 0 Å². The van der Waals surface area contributed by atoms with Gasteiger partial charge in [-0.2, -0.15) is 0 Å². The molecule has 1 aromatic carbocycles. The summed E-state index contributed by atoms with van der Waals surface area (Å²) in [6.07, 6.45) is 3.71. The number of piperazine rings is 1. The summed E-state index contributed by atoms with van der Waals surface area (Å²) in [6.45, 7) is 6.35. The number of rotatable bonds is 6. The SMILES string of the molecule is C[C@@H]1CN(Cc2cc(F)cnc2Oc2ccc3c(nnn3CC3CC3)c2Br)CCN1. The molecule has 1 saturated heterocycles. The third kappa shape index (κ3) is 4.19. The first-order chi connectivity index (χ1) is 14.6. The zero-order chi connectivity index (χ0) is 20.7. The van der Waals surface area contributed by atoms with Gasteiger partial charge in [0.25, 0.3) is 0 Å². The molecule has 0 amide bonds. The molecule has 5 rings (SSSR count). The van der Waals surface area contributed by atoms with E-state index in [9.17, 15) is 4.39 Å². The monoisotopic (exact) mass is 474 g/mol. The summed E-state index contributed by atoms with van der Waals surface area (Å²) in [5.74, 6) is 1.35. The molecule has 3 aromatic rings. The van der Waals surface area contributed by atoms with Crippen molar-refractivity contribution in [3.8, 4) is 11.6 Å².